The van der Waals surface area contributed by atoms with E-state index < -0.39 is 0 Å². The van der Waals surface area contributed by atoms with Crippen molar-refractivity contribution in [2.75, 3.05) is 5.32 Å². The summed E-state index contributed by atoms with van der Waals surface area (Å²) in [6.07, 6.45) is 5.23. The summed E-state index contributed by atoms with van der Waals surface area (Å²) in [5.41, 5.74) is 4.06. The molecule has 18 heavy (non-hydrogen) atoms. The van der Waals surface area contributed by atoms with Gasteiger partial charge in [-0.05, 0) is 58.5 Å². The predicted octanol–water partition coefficient (Wildman–Crippen LogP) is 3.81. The number of benzene rings is 1. The van der Waals surface area contributed by atoms with Crippen molar-refractivity contribution in [2.24, 2.45) is 0 Å². The summed E-state index contributed by atoms with van der Waals surface area (Å²) in [4.78, 5) is 4.24. The smallest absolute Gasteiger partial charge is 0.129 e. The van der Waals surface area contributed by atoms with Gasteiger partial charge >= 0.3 is 0 Å². The molecule has 0 radical (unpaired) electrons. The number of fused-ring (bicyclic) bond motifs is 1. The molecule has 1 aromatic carbocycles. The Morgan fingerprint density at radius 3 is 2.78 bits per heavy atom. The van der Waals surface area contributed by atoms with E-state index in [1.165, 1.54) is 17.5 Å². The van der Waals surface area contributed by atoms with Gasteiger partial charge in [0.25, 0.3) is 0 Å². The number of hydrogen-bond acceptors (Lipinski definition) is 2. The van der Waals surface area contributed by atoms with Crippen molar-refractivity contribution in [1.82, 2.24) is 4.98 Å². The Labute approximate surface area is 116 Å². The first-order valence-corrected chi connectivity index (χ1v) is 7.06. The molecule has 1 aliphatic carbocycles. The van der Waals surface area contributed by atoms with Crippen molar-refractivity contribution in [2.45, 2.75) is 25.3 Å². The van der Waals surface area contributed by atoms with Crippen molar-refractivity contribution in [3.05, 3.63) is 58.3 Å². The number of aryl methyl sites for hydroxylation is 1. The molecule has 1 heterocycles. The van der Waals surface area contributed by atoms with Crippen LogP contribution in [0.25, 0.3) is 0 Å². The van der Waals surface area contributed by atoms with Crippen LogP contribution in [0.15, 0.2) is 47.2 Å². The maximum absolute atomic E-state index is 4.24. The summed E-state index contributed by atoms with van der Waals surface area (Å²) >= 11 is 3.48. The van der Waals surface area contributed by atoms with Gasteiger partial charge in [-0.1, -0.05) is 24.3 Å². The Bertz CT molecular complexity index is 554. The standard InChI is InChI=1S/C15H15BrN2/c16-15-14(6-3-9-17-15)18-13-8-7-11-4-1-2-5-12(11)10-13/h1-6,9,13,18H,7-8,10H2. The molecule has 0 bridgehead atoms. The van der Waals surface area contributed by atoms with Crippen molar-refractivity contribution >= 4 is 21.6 Å². The van der Waals surface area contributed by atoms with E-state index in [9.17, 15) is 0 Å². The molecule has 92 valence electrons. The molecule has 0 spiro atoms. The van der Waals surface area contributed by atoms with Gasteiger partial charge in [0.05, 0.1) is 5.69 Å². The SMILES string of the molecule is Brc1ncccc1NC1CCc2ccccc2C1. The number of hydrogen-bond donors (Lipinski definition) is 1. The van der Waals surface area contributed by atoms with Crippen molar-refractivity contribution < 1.29 is 0 Å². The van der Waals surface area contributed by atoms with E-state index in [4.69, 9.17) is 0 Å². The number of anilines is 1. The molecule has 0 saturated carbocycles. The highest BCUT2D eigenvalue weighted by molar-refractivity contribution is 9.10. The van der Waals surface area contributed by atoms with Crippen LogP contribution in [0.3, 0.4) is 0 Å². The number of nitrogens with zero attached hydrogens (tertiary/aromatic N) is 1. The van der Waals surface area contributed by atoms with Gasteiger partial charge in [0.15, 0.2) is 0 Å². The fraction of sp³-hybridized carbons (Fsp3) is 0.267. The van der Waals surface area contributed by atoms with Gasteiger partial charge in [-0.25, -0.2) is 4.98 Å². The lowest BCUT2D eigenvalue weighted by molar-refractivity contribution is 0.610. The van der Waals surface area contributed by atoms with E-state index in [2.05, 4.69) is 56.6 Å². The number of pyridine rings is 1. The highest BCUT2D eigenvalue weighted by Gasteiger charge is 2.18. The van der Waals surface area contributed by atoms with E-state index in [1.54, 1.807) is 6.20 Å². The summed E-state index contributed by atoms with van der Waals surface area (Å²) in [5, 5.41) is 3.58. The molecule has 2 nitrogen and oxygen atoms in total. The molecule has 0 aliphatic heterocycles. The van der Waals surface area contributed by atoms with E-state index in [0.29, 0.717) is 6.04 Å². The first-order chi connectivity index (χ1) is 8.83. The number of rotatable bonds is 2. The van der Waals surface area contributed by atoms with Crippen LogP contribution in [0.1, 0.15) is 17.5 Å². The van der Waals surface area contributed by atoms with Crippen molar-refractivity contribution in [1.29, 1.82) is 0 Å². The van der Waals surface area contributed by atoms with E-state index in [0.717, 1.165) is 23.1 Å². The second-order valence-corrected chi connectivity index (χ2v) is 5.45. The third kappa shape index (κ3) is 2.41. The van der Waals surface area contributed by atoms with Gasteiger partial charge in [0, 0.05) is 12.2 Å². The zero-order valence-electron chi connectivity index (χ0n) is 10.1. The minimum Gasteiger partial charge on any atom is -0.380 e. The topological polar surface area (TPSA) is 24.9 Å². The average Bonchev–Trinajstić information content (AvgIpc) is 2.41. The minimum absolute atomic E-state index is 0.500. The van der Waals surface area contributed by atoms with Gasteiger partial charge in [0.1, 0.15) is 4.60 Å². The molecule has 3 heteroatoms. The van der Waals surface area contributed by atoms with Crippen molar-refractivity contribution in [3.63, 3.8) is 0 Å². The third-order valence-electron chi connectivity index (χ3n) is 3.47. The van der Waals surface area contributed by atoms with E-state index >= 15 is 0 Å². The molecule has 0 saturated heterocycles. The number of halogens is 1. The monoisotopic (exact) mass is 302 g/mol. The molecule has 0 amide bonds. The average molecular weight is 303 g/mol. The highest BCUT2D eigenvalue weighted by atomic mass is 79.9. The van der Waals surface area contributed by atoms with Crippen LogP contribution in [0.5, 0.6) is 0 Å². The highest BCUT2D eigenvalue weighted by Crippen LogP contribution is 2.26. The Morgan fingerprint density at radius 2 is 1.94 bits per heavy atom. The molecule has 0 fully saturated rings. The summed E-state index contributed by atoms with van der Waals surface area (Å²) in [6.45, 7) is 0. The minimum atomic E-state index is 0.500. The van der Waals surface area contributed by atoms with Gasteiger partial charge in [-0.2, -0.15) is 0 Å². The molecular weight excluding hydrogens is 288 g/mol. The Balaban J connectivity index is 1.75. The Kier molecular flexibility index (Phi) is 3.33. The molecule has 1 atom stereocenters. The lowest BCUT2D eigenvalue weighted by atomic mass is 9.88. The normalized spacial score (nSPS) is 18.2. The van der Waals surface area contributed by atoms with Gasteiger partial charge in [0.2, 0.25) is 0 Å². The lowest BCUT2D eigenvalue weighted by Crippen LogP contribution is -2.27. The molecule has 1 aliphatic rings. The summed E-state index contributed by atoms with van der Waals surface area (Å²) in [6, 6.07) is 13.3. The van der Waals surface area contributed by atoms with Crippen LogP contribution in [-0.2, 0) is 12.8 Å². The lowest BCUT2D eigenvalue weighted by Gasteiger charge is -2.26. The maximum Gasteiger partial charge on any atom is 0.129 e. The van der Waals surface area contributed by atoms with Crippen LogP contribution < -0.4 is 5.32 Å². The zero-order chi connectivity index (χ0) is 12.4. The van der Waals surface area contributed by atoms with Crippen LogP contribution in [-0.4, -0.2) is 11.0 Å². The molecule has 2 aromatic rings. The van der Waals surface area contributed by atoms with Gasteiger partial charge in [-0.3, -0.25) is 0 Å². The molecule has 3 rings (SSSR count). The first-order valence-electron chi connectivity index (χ1n) is 6.27. The Morgan fingerprint density at radius 1 is 1.11 bits per heavy atom. The maximum atomic E-state index is 4.24. The number of aromatic nitrogens is 1. The largest absolute Gasteiger partial charge is 0.380 e. The third-order valence-corrected chi connectivity index (χ3v) is 4.10. The van der Waals surface area contributed by atoms with Gasteiger partial charge < -0.3 is 5.32 Å². The van der Waals surface area contributed by atoms with Crippen LogP contribution in [0, 0.1) is 0 Å². The summed E-state index contributed by atoms with van der Waals surface area (Å²) in [5.74, 6) is 0. The quantitative estimate of drug-likeness (QED) is 0.853. The van der Waals surface area contributed by atoms with Crippen molar-refractivity contribution in [3.8, 4) is 0 Å². The number of nitrogens with one attached hydrogen (secondary N) is 1. The van der Waals surface area contributed by atoms with Crippen LogP contribution in [0.2, 0.25) is 0 Å². The predicted molar refractivity (Wildman–Crippen MR) is 77.8 cm³/mol. The fourth-order valence-corrected chi connectivity index (χ4v) is 2.90. The van der Waals surface area contributed by atoms with Gasteiger partial charge in [-0.15, -0.1) is 0 Å². The second kappa shape index (κ2) is 5.11. The van der Waals surface area contributed by atoms with Crippen LogP contribution >= 0.6 is 15.9 Å². The van der Waals surface area contributed by atoms with E-state index in [-0.39, 0.29) is 0 Å². The Hall–Kier alpha value is -1.35. The van der Waals surface area contributed by atoms with Crippen LogP contribution in [0.4, 0.5) is 5.69 Å². The molecular formula is C15H15BrN2. The summed E-state index contributed by atoms with van der Waals surface area (Å²) < 4.78 is 0.892. The fourth-order valence-electron chi connectivity index (χ4n) is 2.53. The molecule has 1 unspecified atom stereocenters. The van der Waals surface area contributed by atoms with E-state index in [1.807, 2.05) is 6.07 Å². The molecule has 1 N–H and O–H groups in total. The second-order valence-electron chi connectivity index (χ2n) is 4.69. The zero-order valence-corrected chi connectivity index (χ0v) is 11.7. The molecule has 1 aromatic heterocycles. The summed E-state index contributed by atoms with van der Waals surface area (Å²) in [7, 11) is 0. The first kappa shape index (κ1) is 11.7.